The summed E-state index contributed by atoms with van der Waals surface area (Å²) in [6, 6.07) is 0.381. The molecule has 0 saturated heterocycles. The molecule has 1 aromatic rings. The summed E-state index contributed by atoms with van der Waals surface area (Å²) in [5.41, 5.74) is 6.46. The van der Waals surface area contributed by atoms with Crippen molar-refractivity contribution >= 4 is 11.5 Å². The van der Waals surface area contributed by atoms with Gasteiger partial charge in [0.25, 0.3) is 0 Å². The molecule has 1 aliphatic rings. The Hall–Kier alpha value is -1.78. The molecule has 0 spiro atoms. The van der Waals surface area contributed by atoms with Crippen LogP contribution in [0.2, 0.25) is 0 Å². The van der Waals surface area contributed by atoms with Gasteiger partial charge in [0.2, 0.25) is 5.88 Å². The van der Waals surface area contributed by atoms with Crippen LogP contribution in [0.15, 0.2) is 18.5 Å². The van der Waals surface area contributed by atoms with E-state index in [4.69, 9.17) is 10.5 Å². The summed E-state index contributed by atoms with van der Waals surface area (Å²) >= 11 is 0. The second-order valence-corrected chi connectivity index (χ2v) is 4.07. The molecular formula is C12H18N4O. The summed E-state index contributed by atoms with van der Waals surface area (Å²) < 4.78 is 5.46. The third kappa shape index (κ3) is 2.87. The summed E-state index contributed by atoms with van der Waals surface area (Å²) in [6.07, 6.45) is 8.74. The number of nitrogens with zero attached hydrogens (tertiary/aromatic N) is 2. The first-order valence-electron chi connectivity index (χ1n) is 5.96. The number of nitrogens with one attached hydrogen (secondary N) is 1. The number of nitrogen functional groups attached to an aromatic ring is 1. The highest BCUT2D eigenvalue weighted by Gasteiger charge is 2.14. The van der Waals surface area contributed by atoms with Crippen molar-refractivity contribution in [3.63, 3.8) is 0 Å². The van der Waals surface area contributed by atoms with Crippen molar-refractivity contribution in [1.82, 2.24) is 9.97 Å². The highest BCUT2D eigenvalue weighted by Crippen LogP contribution is 2.26. The Labute approximate surface area is 101 Å². The minimum atomic E-state index is 0.381. The van der Waals surface area contributed by atoms with Gasteiger partial charge in [-0.2, -0.15) is 4.98 Å². The van der Waals surface area contributed by atoms with Crippen LogP contribution in [0, 0.1) is 0 Å². The molecule has 5 heteroatoms. The molecule has 1 heterocycles. The lowest BCUT2D eigenvalue weighted by Gasteiger charge is -2.15. The first-order valence-corrected chi connectivity index (χ1v) is 5.96. The number of anilines is 2. The predicted molar refractivity (Wildman–Crippen MR) is 68.0 cm³/mol. The fourth-order valence-corrected chi connectivity index (χ4v) is 1.74. The lowest BCUT2D eigenvalue weighted by Crippen LogP contribution is -2.18. The van der Waals surface area contributed by atoms with Gasteiger partial charge in [-0.3, -0.25) is 0 Å². The van der Waals surface area contributed by atoms with Gasteiger partial charge in [0, 0.05) is 6.04 Å². The van der Waals surface area contributed by atoms with Crippen molar-refractivity contribution in [2.45, 2.75) is 32.2 Å². The average Bonchev–Trinajstić information content (AvgIpc) is 2.83. The molecule has 92 valence electrons. The van der Waals surface area contributed by atoms with Crippen LogP contribution < -0.4 is 15.8 Å². The summed E-state index contributed by atoms with van der Waals surface area (Å²) in [5.74, 6) is 1.13. The van der Waals surface area contributed by atoms with E-state index in [2.05, 4.69) is 27.4 Å². The van der Waals surface area contributed by atoms with Gasteiger partial charge in [-0.05, 0) is 19.3 Å². The van der Waals surface area contributed by atoms with Gasteiger partial charge < -0.3 is 15.8 Å². The third-order valence-corrected chi connectivity index (χ3v) is 2.64. The van der Waals surface area contributed by atoms with Crippen molar-refractivity contribution < 1.29 is 4.74 Å². The Balaban J connectivity index is 2.05. The maximum atomic E-state index is 5.97. The Bertz CT molecular complexity index is 397. The van der Waals surface area contributed by atoms with Crippen LogP contribution >= 0.6 is 0 Å². The summed E-state index contributed by atoms with van der Waals surface area (Å²) in [4.78, 5) is 8.19. The largest absolute Gasteiger partial charge is 0.476 e. The second kappa shape index (κ2) is 5.52. The monoisotopic (exact) mass is 234 g/mol. The van der Waals surface area contributed by atoms with E-state index in [1.54, 1.807) is 0 Å². The molecule has 0 aromatic carbocycles. The van der Waals surface area contributed by atoms with Crippen molar-refractivity contribution in [2.75, 3.05) is 17.7 Å². The zero-order chi connectivity index (χ0) is 12.1. The highest BCUT2D eigenvalue weighted by molar-refractivity contribution is 5.66. The van der Waals surface area contributed by atoms with Crippen LogP contribution in [-0.4, -0.2) is 22.6 Å². The van der Waals surface area contributed by atoms with Crippen molar-refractivity contribution in [1.29, 1.82) is 0 Å². The van der Waals surface area contributed by atoms with E-state index in [1.807, 2.05) is 6.92 Å². The molecule has 0 unspecified atom stereocenters. The van der Waals surface area contributed by atoms with E-state index >= 15 is 0 Å². The molecule has 1 aromatic heterocycles. The highest BCUT2D eigenvalue weighted by atomic mass is 16.5. The molecule has 3 N–H and O–H groups in total. The third-order valence-electron chi connectivity index (χ3n) is 2.64. The van der Waals surface area contributed by atoms with E-state index in [0.717, 1.165) is 19.3 Å². The number of hydrogen-bond acceptors (Lipinski definition) is 5. The quantitative estimate of drug-likeness (QED) is 0.762. The van der Waals surface area contributed by atoms with Gasteiger partial charge in [0.15, 0.2) is 5.82 Å². The standard InChI is InChI=1S/C12H18N4O/c1-2-7-17-12-10(13)11(14-8-15-12)16-9-5-3-4-6-9/h3-4,8-9H,2,5-7,13H2,1H3,(H,14,15,16). The van der Waals surface area contributed by atoms with Gasteiger partial charge in [0.05, 0.1) is 6.61 Å². The van der Waals surface area contributed by atoms with E-state index in [-0.39, 0.29) is 0 Å². The molecule has 0 fully saturated rings. The Kier molecular flexibility index (Phi) is 3.80. The lowest BCUT2D eigenvalue weighted by molar-refractivity contribution is 0.306. The molecule has 0 atom stereocenters. The van der Waals surface area contributed by atoms with Crippen LogP contribution in [0.3, 0.4) is 0 Å². The maximum Gasteiger partial charge on any atom is 0.242 e. The Morgan fingerprint density at radius 3 is 2.88 bits per heavy atom. The topological polar surface area (TPSA) is 73.1 Å². The van der Waals surface area contributed by atoms with Gasteiger partial charge in [0.1, 0.15) is 12.0 Å². The molecule has 5 nitrogen and oxygen atoms in total. The summed E-state index contributed by atoms with van der Waals surface area (Å²) in [5, 5.41) is 3.31. The van der Waals surface area contributed by atoms with E-state index in [1.165, 1.54) is 6.33 Å². The molecule has 0 bridgehead atoms. The minimum Gasteiger partial charge on any atom is -0.476 e. The van der Waals surface area contributed by atoms with Crippen molar-refractivity contribution in [2.24, 2.45) is 0 Å². The van der Waals surface area contributed by atoms with E-state index in [9.17, 15) is 0 Å². The Morgan fingerprint density at radius 2 is 2.18 bits per heavy atom. The predicted octanol–water partition coefficient (Wildman–Crippen LogP) is 1.98. The van der Waals surface area contributed by atoms with E-state index < -0.39 is 0 Å². The number of hydrogen-bond donors (Lipinski definition) is 2. The molecule has 0 aliphatic heterocycles. The van der Waals surface area contributed by atoms with Crippen LogP contribution in [-0.2, 0) is 0 Å². The lowest BCUT2D eigenvalue weighted by atomic mass is 10.2. The minimum absolute atomic E-state index is 0.381. The molecule has 0 amide bonds. The van der Waals surface area contributed by atoms with Gasteiger partial charge in [-0.1, -0.05) is 19.1 Å². The Morgan fingerprint density at radius 1 is 1.41 bits per heavy atom. The number of ether oxygens (including phenoxy) is 1. The van der Waals surface area contributed by atoms with E-state index in [0.29, 0.717) is 30.0 Å². The number of aromatic nitrogens is 2. The number of rotatable bonds is 5. The normalized spacial score (nSPS) is 15.1. The van der Waals surface area contributed by atoms with Crippen molar-refractivity contribution in [3.05, 3.63) is 18.5 Å². The van der Waals surface area contributed by atoms with Crippen LogP contribution in [0.4, 0.5) is 11.5 Å². The SMILES string of the molecule is CCCOc1ncnc(NC2CC=CC2)c1N. The van der Waals surface area contributed by atoms with Crippen LogP contribution in [0.25, 0.3) is 0 Å². The van der Waals surface area contributed by atoms with Gasteiger partial charge >= 0.3 is 0 Å². The zero-order valence-corrected chi connectivity index (χ0v) is 10.0. The number of nitrogens with two attached hydrogens (primary N) is 1. The second-order valence-electron chi connectivity index (χ2n) is 4.07. The molecular weight excluding hydrogens is 216 g/mol. The molecule has 2 rings (SSSR count). The summed E-state index contributed by atoms with van der Waals surface area (Å²) in [7, 11) is 0. The molecule has 0 radical (unpaired) electrons. The average molecular weight is 234 g/mol. The smallest absolute Gasteiger partial charge is 0.242 e. The van der Waals surface area contributed by atoms with Crippen molar-refractivity contribution in [3.8, 4) is 5.88 Å². The molecule has 0 saturated carbocycles. The fraction of sp³-hybridized carbons (Fsp3) is 0.500. The first-order chi connectivity index (χ1) is 8.31. The van der Waals surface area contributed by atoms with Gasteiger partial charge in [-0.25, -0.2) is 4.98 Å². The van der Waals surface area contributed by atoms with Crippen LogP contribution in [0.1, 0.15) is 26.2 Å². The fourth-order valence-electron chi connectivity index (χ4n) is 1.74. The zero-order valence-electron chi connectivity index (χ0n) is 10.0. The molecule has 17 heavy (non-hydrogen) atoms. The van der Waals surface area contributed by atoms with Crippen LogP contribution in [0.5, 0.6) is 5.88 Å². The first kappa shape index (κ1) is 11.7. The molecule has 1 aliphatic carbocycles. The maximum absolute atomic E-state index is 5.97. The summed E-state index contributed by atoms with van der Waals surface area (Å²) in [6.45, 7) is 2.66. The van der Waals surface area contributed by atoms with Gasteiger partial charge in [-0.15, -0.1) is 0 Å².